The van der Waals surface area contributed by atoms with Crippen molar-refractivity contribution < 1.29 is 0 Å². The van der Waals surface area contributed by atoms with Gasteiger partial charge in [0.25, 0.3) is 0 Å². The summed E-state index contributed by atoms with van der Waals surface area (Å²) in [5.41, 5.74) is 0. The third kappa shape index (κ3) is 3.51. The molecule has 1 fully saturated rings. The Kier molecular flexibility index (Phi) is 4.56. The van der Waals surface area contributed by atoms with E-state index in [2.05, 4.69) is 42.4 Å². The molecular formula is C12H21N3. The van der Waals surface area contributed by atoms with E-state index in [0.29, 0.717) is 12.1 Å². The smallest absolute Gasteiger partial charge is 0.125 e. The first kappa shape index (κ1) is 12.0. The summed E-state index contributed by atoms with van der Waals surface area (Å²) in [4.78, 5) is 6.39. The maximum absolute atomic E-state index is 3.92. The zero-order valence-electron chi connectivity index (χ0n) is 9.74. The van der Waals surface area contributed by atoms with E-state index in [9.17, 15) is 0 Å². The van der Waals surface area contributed by atoms with Crippen LogP contribution in [0.1, 0.15) is 20.3 Å². The molecule has 1 atom stereocenters. The predicted molar refractivity (Wildman–Crippen MR) is 66.1 cm³/mol. The van der Waals surface area contributed by atoms with E-state index in [1.54, 1.807) is 6.08 Å². The molecule has 84 valence electrons. The normalized spacial score (nSPS) is 23.1. The fourth-order valence-electron chi connectivity index (χ4n) is 1.84. The molecule has 0 bridgehead atoms. The van der Waals surface area contributed by atoms with Crippen LogP contribution in [0.25, 0.3) is 0 Å². The Morgan fingerprint density at radius 1 is 1.60 bits per heavy atom. The van der Waals surface area contributed by atoms with Crippen molar-refractivity contribution in [3.8, 4) is 0 Å². The zero-order valence-corrected chi connectivity index (χ0v) is 9.74. The number of nitrogens with zero attached hydrogens (tertiary/aromatic N) is 2. The van der Waals surface area contributed by atoms with E-state index in [0.717, 1.165) is 18.9 Å². The van der Waals surface area contributed by atoms with Crippen LogP contribution in [0.2, 0.25) is 0 Å². The van der Waals surface area contributed by atoms with Gasteiger partial charge in [0.15, 0.2) is 0 Å². The molecule has 1 aliphatic heterocycles. The van der Waals surface area contributed by atoms with Crippen molar-refractivity contribution in [3.05, 3.63) is 24.6 Å². The number of rotatable bonds is 5. The van der Waals surface area contributed by atoms with Crippen LogP contribution in [0.15, 0.2) is 29.5 Å². The minimum absolute atomic E-state index is 0.490. The topological polar surface area (TPSA) is 27.6 Å². The minimum atomic E-state index is 0.490. The van der Waals surface area contributed by atoms with Gasteiger partial charge in [-0.05, 0) is 33.1 Å². The van der Waals surface area contributed by atoms with Crippen molar-refractivity contribution in [2.75, 3.05) is 13.1 Å². The van der Waals surface area contributed by atoms with Gasteiger partial charge in [-0.25, -0.2) is 4.99 Å². The number of hydrogen-bond acceptors (Lipinski definition) is 3. The molecule has 1 unspecified atom stereocenters. The second-order valence-electron chi connectivity index (χ2n) is 4.16. The Morgan fingerprint density at radius 3 is 2.80 bits per heavy atom. The van der Waals surface area contributed by atoms with E-state index in [1.807, 2.05) is 6.08 Å². The van der Waals surface area contributed by atoms with E-state index < -0.39 is 0 Å². The van der Waals surface area contributed by atoms with Crippen LogP contribution in [0.4, 0.5) is 0 Å². The molecule has 3 nitrogen and oxygen atoms in total. The second kappa shape index (κ2) is 5.71. The third-order valence-electron chi connectivity index (χ3n) is 2.75. The Hall–Kier alpha value is -1.09. The average Bonchev–Trinajstić information content (AvgIpc) is 2.65. The summed E-state index contributed by atoms with van der Waals surface area (Å²) >= 11 is 0. The van der Waals surface area contributed by atoms with Crippen molar-refractivity contribution in [1.29, 1.82) is 0 Å². The van der Waals surface area contributed by atoms with Gasteiger partial charge in [-0.1, -0.05) is 12.7 Å². The summed E-state index contributed by atoms with van der Waals surface area (Å²) in [5.74, 6) is 0.820. The Balaban J connectivity index is 2.44. The molecule has 1 saturated heterocycles. The Bertz CT molecular complexity index is 256. The Labute approximate surface area is 92.6 Å². The molecule has 0 aromatic heterocycles. The molecule has 1 N–H and O–H groups in total. The lowest BCUT2D eigenvalue weighted by Gasteiger charge is -2.20. The molecule has 0 saturated carbocycles. The highest BCUT2D eigenvalue weighted by atomic mass is 15.2. The summed E-state index contributed by atoms with van der Waals surface area (Å²) in [7, 11) is 0. The summed E-state index contributed by atoms with van der Waals surface area (Å²) < 4.78 is 0. The van der Waals surface area contributed by atoms with Gasteiger partial charge in [-0.2, -0.15) is 0 Å². The lowest BCUT2D eigenvalue weighted by Crippen LogP contribution is -2.34. The average molecular weight is 207 g/mol. The highest BCUT2D eigenvalue weighted by Gasteiger charge is 2.23. The molecule has 1 heterocycles. The van der Waals surface area contributed by atoms with Crippen molar-refractivity contribution in [1.82, 2.24) is 10.2 Å². The highest BCUT2D eigenvalue weighted by molar-refractivity contribution is 5.29. The van der Waals surface area contributed by atoms with Crippen molar-refractivity contribution in [2.24, 2.45) is 4.99 Å². The van der Waals surface area contributed by atoms with Crippen molar-refractivity contribution in [2.45, 2.75) is 32.4 Å². The van der Waals surface area contributed by atoms with Gasteiger partial charge in [-0.3, -0.25) is 4.90 Å². The first-order valence-corrected chi connectivity index (χ1v) is 5.47. The standard InChI is InChI=1S/C12H21N3/c1-5-6-12(13-4)14-11-7-8-15(9-11)10(2)3/h5-6,10-11,14H,1,4,7-9H2,2-3H3/b12-6+. The van der Waals surface area contributed by atoms with Crippen LogP contribution >= 0.6 is 0 Å². The number of allylic oxidation sites excluding steroid dienone is 2. The van der Waals surface area contributed by atoms with Crippen molar-refractivity contribution in [3.63, 3.8) is 0 Å². The van der Waals surface area contributed by atoms with E-state index in [1.165, 1.54) is 6.42 Å². The zero-order chi connectivity index (χ0) is 11.3. The SMILES string of the molecule is C=C/C=C(\N=C)NC1CCN(C(C)C)C1. The summed E-state index contributed by atoms with van der Waals surface area (Å²) in [6.07, 6.45) is 4.75. The molecule has 0 aromatic rings. The van der Waals surface area contributed by atoms with Gasteiger partial charge < -0.3 is 5.32 Å². The lowest BCUT2D eigenvalue weighted by molar-refractivity contribution is 0.270. The molecule has 0 aliphatic carbocycles. The molecule has 0 amide bonds. The number of nitrogens with one attached hydrogen (secondary N) is 1. The van der Waals surface area contributed by atoms with E-state index >= 15 is 0 Å². The van der Waals surface area contributed by atoms with E-state index in [4.69, 9.17) is 0 Å². The maximum Gasteiger partial charge on any atom is 0.125 e. The van der Waals surface area contributed by atoms with Crippen LogP contribution in [-0.2, 0) is 0 Å². The van der Waals surface area contributed by atoms with Crippen LogP contribution < -0.4 is 5.32 Å². The second-order valence-corrected chi connectivity index (χ2v) is 4.16. The molecule has 1 rings (SSSR count). The van der Waals surface area contributed by atoms with Gasteiger partial charge >= 0.3 is 0 Å². The molecule has 15 heavy (non-hydrogen) atoms. The molecule has 0 aromatic carbocycles. The van der Waals surface area contributed by atoms with Gasteiger partial charge in [-0.15, -0.1) is 0 Å². The summed E-state index contributed by atoms with van der Waals surface area (Å²) in [6.45, 7) is 13.9. The number of aliphatic imine (C=N–C) groups is 1. The largest absolute Gasteiger partial charge is 0.366 e. The lowest BCUT2D eigenvalue weighted by atomic mass is 10.2. The van der Waals surface area contributed by atoms with Gasteiger partial charge in [0.05, 0.1) is 0 Å². The Morgan fingerprint density at radius 2 is 2.33 bits per heavy atom. The van der Waals surface area contributed by atoms with E-state index in [-0.39, 0.29) is 0 Å². The molecule has 0 radical (unpaired) electrons. The first-order chi connectivity index (χ1) is 7.17. The summed E-state index contributed by atoms with van der Waals surface area (Å²) in [6, 6.07) is 1.12. The van der Waals surface area contributed by atoms with Crippen LogP contribution in [0, 0.1) is 0 Å². The minimum Gasteiger partial charge on any atom is -0.366 e. The molecule has 3 heteroatoms. The quantitative estimate of drug-likeness (QED) is 0.550. The molecular weight excluding hydrogens is 186 g/mol. The van der Waals surface area contributed by atoms with Crippen LogP contribution in [0.3, 0.4) is 0 Å². The summed E-state index contributed by atoms with van der Waals surface area (Å²) in [5, 5.41) is 3.37. The van der Waals surface area contributed by atoms with Crippen molar-refractivity contribution >= 4 is 6.72 Å². The number of hydrogen-bond donors (Lipinski definition) is 1. The fourth-order valence-corrected chi connectivity index (χ4v) is 1.84. The van der Waals surface area contributed by atoms with Crippen LogP contribution in [0.5, 0.6) is 0 Å². The molecule has 0 spiro atoms. The predicted octanol–water partition coefficient (Wildman–Crippen LogP) is 1.79. The highest BCUT2D eigenvalue weighted by Crippen LogP contribution is 2.13. The van der Waals surface area contributed by atoms with Gasteiger partial charge in [0.1, 0.15) is 5.82 Å². The number of likely N-dealkylation sites (tertiary alicyclic amines) is 1. The maximum atomic E-state index is 3.92. The van der Waals surface area contributed by atoms with Gasteiger partial charge in [0.2, 0.25) is 0 Å². The molecule has 1 aliphatic rings. The fraction of sp³-hybridized carbons (Fsp3) is 0.583. The van der Waals surface area contributed by atoms with Crippen LogP contribution in [-0.4, -0.2) is 36.8 Å². The van der Waals surface area contributed by atoms with Gasteiger partial charge in [0, 0.05) is 25.2 Å². The monoisotopic (exact) mass is 207 g/mol. The third-order valence-corrected chi connectivity index (χ3v) is 2.75. The first-order valence-electron chi connectivity index (χ1n) is 5.47.